The summed E-state index contributed by atoms with van der Waals surface area (Å²) in [4.78, 5) is 0.668. The Morgan fingerprint density at radius 3 is 2.32 bits per heavy atom. The number of nitrogens with one attached hydrogen (secondary N) is 1. The van der Waals surface area contributed by atoms with E-state index in [1.165, 1.54) is 0 Å². The first kappa shape index (κ1) is 13.5. The minimum Gasteiger partial charge on any atom is -0.237 e. The fourth-order valence-electron chi connectivity index (χ4n) is 1.65. The fraction of sp³-hybridized carbons (Fsp3) is 0.133. The van der Waals surface area contributed by atoms with Crippen LogP contribution in [0.2, 0.25) is 0 Å². The minimum absolute atomic E-state index is 0.580. The first-order valence-corrected chi connectivity index (χ1v) is 7.05. The maximum atomic E-state index is 12.1. The van der Waals surface area contributed by atoms with Crippen LogP contribution in [0.1, 0.15) is 17.2 Å². The zero-order valence-electron chi connectivity index (χ0n) is 10.5. The lowest BCUT2D eigenvalue weighted by Crippen LogP contribution is -2.22. The molecule has 0 spiro atoms. The normalized spacial score (nSPS) is 13.5. The molecule has 0 bridgehead atoms. The second-order valence-corrected chi connectivity index (χ2v) is 5.42. The zero-order valence-corrected chi connectivity index (χ0v) is 11.4. The summed E-state index contributed by atoms with van der Waals surface area (Å²) in [5, 5.41) is 9.17. The van der Waals surface area contributed by atoms with Gasteiger partial charge in [-0.05, 0) is 24.6 Å². The first-order chi connectivity index (χ1) is 9.20. The SMILES string of the molecule is Cc1ccc([S@](=O)N[C@H](C#N)c2ccccc2)cc1. The monoisotopic (exact) mass is 270 g/mol. The van der Waals surface area contributed by atoms with Crippen LogP contribution in [0.15, 0.2) is 59.5 Å². The second kappa shape index (κ2) is 6.28. The average Bonchev–Trinajstić information content (AvgIpc) is 2.46. The third-order valence-corrected chi connectivity index (χ3v) is 3.87. The van der Waals surface area contributed by atoms with E-state index in [4.69, 9.17) is 0 Å². The van der Waals surface area contributed by atoms with E-state index in [1.54, 1.807) is 12.1 Å². The summed E-state index contributed by atoms with van der Waals surface area (Å²) in [6.45, 7) is 1.97. The Hall–Kier alpha value is -1.96. The molecule has 19 heavy (non-hydrogen) atoms. The number of nitrogens with zero attached hydrogens (tertiary/aromatic N) is 1. The van der Waals surface area contributed by atoms with Crippen LogP contribution in [0.5, 0.6) is 0 Å². The smallest absolute Gasteiger partial charge is 0.132 e. The van der Waals surface area contributed by atoms with Crippen molar-refractivity contribution < 1.29 is 4.21 Å². The van der Waals surface area contributed by atoms with Gasteiger partial charge in [-0.3, -0.25) is 0 Å². The van der Waals surface area contributed by atoms with E-state index in [2.05, 4.69) is 10.8 Å². The largest absolute Gasteiger partial charge is 0.237 e. The van der Waals surface area contributed by atoms with Crippen molar-refractivity contribution in [3.63, 3.8) is 0 Å². The number of hydrogen-bond donors (Lipinski definition) is 1. The summed E-state index contributed by atoms with van der Waals surface area (Å²) in [6.07, 6.45) is 0. The van der Waals surface area contributed by atoms with Crippen molar-refractivity contribution in [2.75, 3.05) is 0 Å². The molecule has 0 aliphatic heterocycles. The van der Waals surface area contributed by atoms with Gasteiger partial charge in [-0.15, -0.1) is 0 Å². The van der Waals surface area contributed by atoms with Gasteiger partial charge in [-0.25, -0.2) is 8.93 Å². The van der Waals surface area contributed by atoms with E-state index in [0.717, 1.165) is 11.1 Å². The van der Waals surface area contributed by atoms with E-state index in [9.17, 15) is 9.47 Å². The van der Waals surface area contributed by atoms with E-state index in [0.29, 0.717) is 4.90 Å². The highest BCUT2D eigenvalue weighted by Crippen LogP contribution is 2.14. The summed E-state index contributed by atoms with van der Waals surface area (Å²) >= 11 is 0. The summed E-state index contributed by atoms with van der Waals surface area (Å²) in [5.41, 5.74) is 1.92. The van der Waals surface area contributed by atoms with Gasteiger partial charge >= 0.3 is 0 Å². The molecule has 0 unspecified atom stereocenters. The van der Waals surface area contributed by atoms with Crippen molar-refractivity contribution in [3.05, 3.63) is 65.7 Å². The summed E-state index contributed by atoms with van der Waals surface area (Å²) in [5.74, 6) is 0. The maximum Gasteiger partial charge on any atom is 0.132 e. The predicted octanol–water partition coefficient (Wildman–Crippen LogP) is 2.87. The van der Waals surface area contributed by atoms with E-state index in [1.807, 2.05) is 49.4 Å². The molecule has 0 saturated carbocycles. The fourth-order valence-corrected chi connectivity index (χ4v) is 2.57. The Balaban J connectivity index is 2.13. The number of hydrogen-bond acceptors (Lipinski definition) is 2. The summed E-state index contributed by atoms with van der Waals surface area (Å²) in [6, 6.07) is 18.2. The molecule has 0 aromatic heterocycles. The van der Waals surface area contributed by atoms with Gasteiger partial charge in [0.2, 0.25) is 0 Å². The molecular formula is C15H14N2OS. The predicted molar refractivity (Wildman–Crippen MR) is 75.5 cm³/mol. The Morgan fingerprint density at radius 1 is 1.11 bits per heavy atom. The number of benzene rings is 2. The highest BCUT2D eigenvalue weighted by atomic mass is 32.2. The van der Waals surface area contributed by atoms with Crippen LogP contribution in [0.4, 0.5) is 0 Å². The van der Waals surface area contributed by atoms with Crippen LogP contribution in [0.3, 0.4) is 0 Å². The van der Waals surface area contributed by atoms with Crippen LogP contribution in [0, 0.1) is 18.3 Å². The van der Waals surface area contributed by atoms with Crippen molar-refractivity contribution >= 4 is 11.0 Å². The topological polar surface area (TPSA) is 52.9 Å². The summed E-state index contributed by atoms with van der Waals surface area (Å²) in [7, 11) is -1.39. The standard InChI is InChI=1S/C15H14N2OS/c1-12-7-9-14(10-8-12)19(18)17-15(11-16)13-5-3-2-4-6-13/h2-10,15,17H,1H3/t15-,19+/m1/s1. The Labute approximate surface area is 115 Å². The van der Waals surface area contributed by atoms with E-state index >= 15 is 0 Å². The molecule has 2 aromatic carbocycles. The molecule has 0 saturated heterocycles. The molecule has 0 amide bonds. The third kappa shape index (κ3) is 3.50. The lowest BCUT2D eigenvalue weighted by atomic mass is 10.1. The molecule has 4 heteroatoms. The molecule has 0 radical (unpaired) electrons. The van der Waals surface area contributed by atoms with Gasteiger partial charge in [0.15, 0.2) is 0 Å². The van der Waals surface area contributed by atoms with Crippen molar-refractivity contribution in [3.8, 4) is 6.07 Å². The molecule has 0 aliphatic rings. The van der Waals surface area contributed by atoms with Crippen LogP contribution < -0.4 is 4.72 Å². The molecular weight excluding hydrogens is 256 g/mol. The maximum absolute atomic E-state index is 12.1. The molecule has 0 heterocycles. The molecule has 96 valence electrons. The van der Waals surface area contributed by atoms with Gasteiger partial charge in [-0.1, -0.05) is 48.0 Å². The molecule has 1 N–H and O–H groups in total. The molecule has 3 nitrogen and oxygen atoms in total. The third-order valence-electron chi connectivity index (χ3n) is 2.72. The molecule has 2 rings (SSSR count). The van der Waals surface area contributed by atoms with Gasteiger partial charge in [0.05, 0.1) is 11.0 Å². The van der Waals surface area contributed by atoms with Gasteiger partial charge in [0.1, 0.15) is 17.0 Å². The highest BCUT2D eigenvalue weighted by Gasteiger charge is 2.13. The average molecular weight is 270 g/mol. The summed E-state index contributed by atoms with van der Waals surface area (Å²) < 4.78 is 15.0. The molecule has 0 aliphatic carbocycles. The quantitative estimate of drug-likeness (QED) is 0.928. The molecule has 2 atom stereocenters. The zero-order chi connectivity index (χ0) is 13.7. The lowest BCUT2D eigenvalue weighted by molar-refractivity contribution is 0.665. The first-order valence-electron chi connectivity index (χ1n) is 5.90. The van der Waals surface area contributed by atoms with Crippen molar-refractivity contribution in [2.45, 2.75) is 17.9 Å². The lowest BCUT2D eigenvalue weighted by Gasteiger charge is -2.11. The number of nitriles is 1. The highest BCUT2D eigenvalue weighted by molar-refractivity contribution is 7.83. The van der Waals surface area contributed by atoms with E-state index < -0.39 is 17.0 Å². The van der Waals surface area contributed by atoms with Crippen LogP contribution in [0.25, 0.3) is 0 Å². The van der Waals surface area contributed by atoms with Crippen LogP contribution in [-0.4, -0.2) is 4.21 Å². The van der Waals surface area contributed by atoms with Crippen LogP contribution in [-0.2, 0) is 11.0 Å². The van der Waals surface area contributed by atoms with Gasteiger partial charge in [-0.2, -0.15) is 5.26 Å². The van der Waals surface area contributed by atoms with Crippen molar-refractivity contribution in [1.82, 2.24) is 4.72 Å². The van der Waals surface area contributed by atoms with Gasteiger partial charge in [0, 0.05) is 0 Å². The molecule has 2 aromatic rings. The molecule has 0 fully saturated rings. The van der Waals surface area contributed by atoms with Gasteiger partial charge < -0.3 is 0 Å². The van der Waals surface area contributed by atoms with E-state index in [-0.39, 0.29) is 0 Å². The van der Waals surface area contributed by atoms with Crippen molar-refractivity contribution in [2.24, 2.45) is 0 Å². The number of rotatable bonds is 4. The number of aryl methyl sites for hydroxylation is 1. The van der Waals surface area contributed by atoms with Crippen molar-refractivity contribution in [1.29, 1.82) is 5.26 Å². The minimum atomic E-state index is -1.39. The van der Waals surface area contributed by atoms with Crippen LogP contribution >= 0.6 is 0 Å². The Morgan fingerprint density at radius 2 is 1.74 bits per heavy atom. The Kier molecular flexibility index (Phi) is 4.45. The second-order valence-electron chi connectivity index (χ2n) is 4.17. The Bertz CT molecular complexity index is 602. The van der Waals surface area contributed by atoms with Gasteiger partial charge in [0.25, 0.3) is 0 Å².